The highest BCUT2D eigenvalue weighted by Crippen LogP contribution is 2.36. The van der Waals surface area contributed by atoms with E-state index < -0.39 is 14.9 Å². The standard InChI is InChI=1S/C12H21N3O4S2/c1-8(2)12(3,4)7-14-21(18,19)10-6-9(15(16)17)11(13-5)20-10/h6,8,13-14H,7H2,1-5H3. The van der Waals surface area contributed by atoms with E-state index in [4.69, 9.17) is 0 Å². The molecule has 0 unspecified atom stereocenters. The van der Waals surface area contributed by atoms with Gasteiger partial charge in [-0.2, -0.15) is 0 Å². The third-order valence-electron chi connectivity index (χ3n) is 3.66. The van der Waals surface area contributed by atoms with Crippen molar-refractivity contribution in [2.45, 2.75) is 31.9 Å². The molecular formula is C12H21N3O4S2. The van der Waals surface area contributed by atoms with E-state index in [9.17, 15) is 18.5 Å². The van der Waals surface area contributed by atoms with Crippen LogP contribution >= 0.6 is 11.3 Å². The summed E-state index contributed by atoms with van der Waals surface area (Å²) in [6, 6.07) is 1.08. The highest BCUT2D eigenvalue weighted by molar-refractivity contribution is 7.91. The third-order valence-corrected chi connectivity index (χ3v) is 6.68. The van der Waals surface area contributed by atoms with Crippen LogP contribution in [0.2, 0.25) is 0 Å². The molecule has 0 spiro atoms. The Morgan fingerprint density at radius 2 is 2.00 bits per heavy atom. The maximum Gasteiger partial charge on any atom is 0.304 e. The van der Waals surface area contributed by atoms with Gasteiger partial charge in [0.25, 0.3) is 0 Å². The molecule has 0 aliphatic carbocycles. The quantitative estimate of drug-likeness (QED) is 0.589. The van der Waals surface area contributed by atoms with Gasteiger partial charge in [-0.1, -0.05) is 39.0 Å². The molecule has 0 radical (unpaired) electrons. The number of nitrogens with zero attached hydrogens (tertiary/aromatic N) is 1. The van der Waals surface area contributed by atoms with E-state index in [1.54, 1.807) is 0 Å². The van der Waals surface area contributed by atoms with Gasteiger partial charge < -0.3 is 5.32 Å². The summed E-state index contributed by atoms with van der Waals surface area (Å²) < 4.78 is 27.0. The van der Waals surface area contributed by atoms with Gasteiger partial charge >= 0.3 is 5.69 Å². The van der Waals surface area contributed by atoms with Crippen LogP contribution in [-0.4, -0.2) is 26.9 Å². The molecule has 0 amide bonds. The Kier molecular flexibility index (Phi) is 5.35. The van der Waals surface area contributed by atoms with Crippen LogP contribution in [0, 0.1) is 21.4 Å². The summed E-state index contributed by atoms with van der Waals surface area (Å²) in [6.07, 6.45) is 0. The fourth-order valence-corrected chi connectivity index (χ4v) is 3.91. The summed E-state index contributed by atoms with van der Waals surface area (Å²) in [5, 5.41) is 13.8. The number of nitrogens with one attached hydrogen (secondary N) is 2. The third kappa shape index (κ3) is 4.14. The zero-order chi connectivity index (χ0) is 16.4. The Morgan fingerprint density at radius 3 is 2.38 bits per heavy atom. The van der Waals surface area contributed by atoms with E-state index in [-0.39, 0.29) is 26.9 Å². The molecule has 0 fully saturated rings. The molecule has 1 aromatic rings. The van der Waals surface area contributed by atoms with Gasteiger partial charge in [-0.05, 0) is 11.3 Å². The van der Waals surface area contributed by atoms with Crippen molar-refractivity contribution >= 4 is 32.0 Å². The fraction of sp³-hybridized carbons (Fsp3) is 0.667. The Balaban J connectivity index is 3.01. The first-order valence-corrected chi connectivity index (χ1v) is 8.77. The summed E-state index contributed by atoms with van der Waals surface area (Å²) in [6.45, 7) is 8.24. The van der Waals surface area contributed by atoms with Crippen LogP contribution in [0.4, 0.5) is 10.7 Å². The van der Waals surface area contributed by atoms with E-state index in [1.165, 1.54) is 7.05 Å². The summed E-state index contributed by atoms with van der Waals surface area (Å²) in [5.41, 5.74) is -0.437. The van der Waals surface area contributed by atoms with Crippen LogP contribution in [-0.2, 0) is 10.0 Å². The maximum absolute atomic E-state index is 12.3. The minimum absolute atomic E-state index is 0.0573. The van der Waals surface area contributed by atoms with Crippen molar-refractivity contribution in [3.63, 3.8) is 0 Å². The number of anilines is 1. The van der Waals surface area contributed by atoms with Gasteiger partial charge in [0.05, 0.1) is 4.92 Å². The number of rotatable bonds is 7. The van der Waals surface area contributed by atoms with Gasteiger partial charge in [-0.15, -0.1) is 0 Å². The molecule has 0 saturated heterocycles. The first-order valence-electron chi connectivity index (χ1n) is 6.47. The Bertz CT molecular complexity index is 620. The van der Waals surface area contributed by atoms with E-state index in [1.807, 2.05) is 27.7 Å². The highest BCUT2D eigenvalue weighted by atomic mass is 32.2. The second kappa shape index (κ2) is 6.29. The molecule has 7 nitrogen and oxygen atoms in total. The second-order valence-corrected chi connectivity index (χ2v) is 8.80. The van der Waals surface area contributed by atoms with Crippen molar-refractivity contribution in [2.75, 3.05) is 18.9 Å². The molecule has 2 N–H and O–H groups in total. The molecule has 0 aliphatic rings. The number of thiophene rings is 1. The molecule has 0 atom stereocenters. The second-order valence-electron chi connectivity index (χ2n) is 5.75. The average molecular weight is 335 g/mol. The monoisotopic (exact) mass is 335 g/mol. The first kappa shape index (κ1) is 17.9. The number of hydrogen-bond acceptors (Lipinski definition) is 6. The lowest BCUT2D eigenvalue weighted by atomic mass is 9.81. The molecule has 1 rings (SSSR count). The minimum atomic E-state index is -3.75. The molecule has 1 aromatic heterocycles. The van der Waals surface area contributed by atoms with Gasteiger partial charge in [0.1, 0.15) is 4.21 Å². The first-order chi connectivity index (χ1) is 9.51. The molecule has 0 bridgehead atoms. The zero-order valence-electron chi connectivity index (χ0n) is 12.8. The molecular weight excluding hydrogens is 314 g/mol. The topological polar surface area (TPSA) is 101 Å². The Morgan fingerprint density at radius 1 is 1.43 bits per heavy atom. The van der Waals surface area contributed by atoms with E-state index in [2.05, 4.69) is 10.0 Å². The van der Waals surface area contributed by atoms with Crippen molar-refractivity contribution in [1.29, 1.82) is 0 Å². The van der Waals surface area contributed by atoms with Gasteiger partial charge in [0.2, 0.25) is 10.0 Å². The van der Waals surface area contributed by atoms with E-state index >= 15 is 0 Å². The van der Waals surface area contributed by atoms with Crippen molar-refractivity contribution in [3.05, 3.63) is 16.2 Å². The Hall–Kier alpha value is -1.19. The van der Waals surface area contributed by atoms with Crippen molar-refractivity contribution in [1.82, 2.24) is 4.72 Å². The van der Waals surface area contributed by atoms with Gasteiger partial charge in [0, 0.05) is 19.7 Å². The number of sulfonamides is 1. The molecule has 9 heteroatoms. The summed E-state index contributed by atoms with van der Waals surface area (Å²) in [5.74, 6) is 0.297. The van der Waals surface area contributed by atoms with Crippen molar-refractivity contribution in [3.8, 4) is 0 Å². The molecule has 1 heterocycles. The molecule has 0 saturated carbocycles. The van der Waals surface area contributed by atoms with Gasteiger partial charge in [-0.3, -0.25) is 10.1 Å². The summed E-state index contributed by atoms with van der Waals surface area (Å²) in [4.78, 5) is 10.3. The average Bonchev–Trinajstić information content (AvgIpc) is 2.81. The summed E-state index contributed by atoms with van der Waals surface area (Å²) in [7, 11) is -2.23. The van der Waals surface area contributed by atoms with Crippen molar-refractivity contribution < 1.29 is 13.3 Å². The Labute approximate surface area is 129 Å². The van der Waals surface area contributed by atoms with Gasteiger partial charge in [-0.25, -0.2) is 13.1 Å². The van der Waals surface area contributed by atoms with Crippen LogP contribution in [0.3, 0.4) is 0 Å². The highest BCUT2D eigenvalue weighted by Gasteiger charge is 2.29. The van der Waals surface area contributed by atoms with Crippen LogP contribution in [0.15, 0.2) is 10.3 Å². The predicted octanol–water partition coefficient (Wildman–Crippen LogP) is 2.66. The lowest BCUT2D eigenvalue weighted by molar-refractivity contribution is -0.383. The predicted molar refractivity (Wildman–Crippen MR) is 84.3 cm³/mol. The van der Waals surface area contributed by atoms with Crippen LogP contribution in [0.5, 0.6) is 0 Å². The van der Waals surface area contributed by atoms with Gasteiger partial charge in [0.15, 0.2) is 5.00 Å². The molecule has 21 heavy (non-hydrogen) atoms. The number of hydrogen-bond donors (Lipinski definition) is 2. The maximum atomic E-state index is 12.3. The smallest absolute Gasteiger partial charge is 0.304 e. The molecule has 120 valence electrons. The van der Waals surface area contributed by atoms with Crippen molar-refractivity contribution in [2.24, 2.45) is 11.3 Å². The zero-order valence-corrected chi connectivity index (χ0v) is 14.4. The number of nitro groups is 1. The largest absolute Gasteiger partial charge is 0.374 e. The normalized spacial score (nSPS) is 12.7. The fourth-order valence-electron chi connectivity index (χ4n) is 1.36. The lowest BCUT2D eigenvalue weighted by Crippen LogP contribution is -2.36. The molecule has 0 aliphatic heterocycles. The van der Waals surface area contributed by atoms with Crippen LogP contribution < -0.4 is 10.0 Å². The SMILES string of the molecule is CNc1sc(S(=O)(=O)NCC(C)(C)C(C)C)cc1[N+](=O)[O-]. The molecule has 0 aromatic carbocycles. The van der Waals surface area contributed by atoms with E-state index in [0.717, 1.165) is 17.4 Å². The lowest BCUT2D eigenvalue weighted by Gasteiger charge is -2.29. The van der Waals surface area contributed by atoms with Crippen LogP contribution in [0.25, 0.3) is 0 Å². The van der Waals surface area contributed by atoms with Crippen LogP contribution in [0.1, 0.15) is 27.7 Å². The van der Waals surface area contributed by atoms with E-state index in [0.29, 0.717) is 5.92 Å². The minimum Gasteiger partial charge on any atom is -0.374 e. The summed E-state index contributed by atoms with van der Waals surface area (Å²) >= 11 is 0.851.